The number of nitrogens with two attached hydrogens (primary N) is 1. The molecule has 9 nitrogen and oxygen atoms in total. The van der Waals surface area contributed by atoms with Crippen LogP contribution in [0.25, 0.3) is 11.4 Å². The van der Waals surface area contributed by atoms with Crippen molar-refractivity contribution in [1.82, 2.24) is 19.9 Å². The van der Waals surface area contributed by atoms with Gasteiger partial charge >= 0.3 is 0 Å². The fourth-order valence-electron chi connectivity index (χ4n) is 3.39. The summed E-state index contributed by atoms with van der Waals surface area (Å²) < 4.78 is 28.5. The van der Waals surface area contributed by atoms with Crippen LogP contribution in [0.5, 0.6) is 0 Å². The van der Waals surface area contributed by atoms with Crippen molar-refractivity contribution in [2.24, 2.45) is 5.14 Å². The molecule has 31 heavy (non-hydrogen) atoms. The first-order valence-corrected chi connectivity index (χ1v) is 12.1. The monoisotopic (exact) mass is 461 g/mol. The van der Waals surface area contributed by atoms with Gasteiger partial charge in [0, 0.05) is 31.7 Å². The van der Waals surface area contributed by atoms with Gasteiger partial charge in [0.1, 0.15) is 4.21 Å². The van der Waals surface area contributed by atoms with Gasteiger partial charge in [-0.3, -0.25) is 9.69 Å². The van der Waals surface area contributed by atoms with Crippen molar-refractivity contribution in [3.05, 3.63) is 52.2 Å². The van der Waals surface area contributed by atoms with E-state index in [9.17, 15) is 13.2 Å². The summed E-state index contributed by atoms with van der Waals surface area (Å²) in [4.78, 5) is 21.6. The molecule has 1 aromatic carbocycles. The second kappa shape index (κ2) is 8.50. The van der Waals surface area contributed by atoms with Crippen LogP contribution in [0, 0.1) is 13.8 Å². The molecule has 1 saturated heterocycles. The summed E-state index contributed by atoms with van der Waals surface area (Å²) in [6.45, 7) is 6.61. The highest BCUT2D eigenvalue weighted by atomic mass is 32.2. The number of benzene rings is 1. The average molecular weight is 462 g/mol. The molecular formula is C20H23N5O4S2. The molecule has 4 rings (SSSR count). The van der Waals surface area contributed by atoms with Gasteiger partial charge in [0.2, 0.25) is 21.7 Å². The van der Waals surface area contributed by atoms with Crippen LogP contribution in [0.3, 0.4) is 0 Å². The molecule has 0 saturated carbocycles. The predicted molar refractivity (Wildman–Crippen MR) is 116 cm³/mol. The van der Waals surface area contributed by atoms with Crippen molar-refractivity contribution >= 4 is 27.3 Å². The van der Waals surface area contributed by atoms with Gasteiger partial charge in [-0.2, -0.15) is 4.98 Å². The third-order valence-electron chi connectivity index (χ3n) is 5.17. The first-order valence-electron chi connectivity index (χ1n) is 9.75. The van der Waals surface area contributed by atoms with E-state index in [2.05, 4.69) is 15.0 Å². The minimum atomic E-state index is -3.82. The fourth-order valence-corrected chi connectivity index (χ4v) is 5.32. The van der Waals surface area contributed by atoms with E-state index in [0.717, 1.165) is 16.9 Å². The second-order valence-corrected chi connectivity index (χ2v) is 10.4. The first-order chi connectivity index (χ1) is 14.7. The molecule has 1 aliphatic rings. The summed E-state index contributed by atoms with van der Waals surface area (Å²) in [7, 11) is -3.82. The zero-order valence-electron chi connectivity index (χ0n) is 17.2. The Labute approximate surface area is 184 Å². The Hall–Kier alpha value is -2.60. The van der Waals surface area contributed by atoms with Crippen LogP contribution in [0.4, 0.5) is 0 Å². The lowest BCUT2D eigenvalue weighted by molar-refractivity contribution is 0.0619. The normalized spacial score (nSPS) is 15.4. The van der Waals surface area contributed by atoms with Gasteiger partial charge in [-0.25, -0.2) is 13.6 Å². The number of hydrogen-bond donors (Lipinski definition) is 1. The summed E-state index contributed by atoms with van der Waals surface area (Å²) in [5.74, 6) is 0.918. The molecule has 0 unspecified atom stereocenters. The highest BCUT2D eigenvalue weighted by Crippen LogP contribution is 2.27. The van der Waals surface area contributed by atoms with E-state index in [-0.39, 0.29) is 10.1 Å². The van der Waals surface area contributed by atoms with Gasteiger partial charge in [-0.15, -0.1) is 11.3 Å². The lowest BCUT2D eigenvalue weighted by Crippen LogP contribution is -2.48. The molecule has 2 N–H and O–H groups in total. The largest absolute Gasteiger partial charge is 0.338 e. The number of primary sulfonamides is 1. The number of carbonyl (C=O) groups is 1. The lowest BCUT2D eigenvalue weighted by atomic mass is 10.1. The number of nitrogens with zero attached hydrogens (tertiary/aromatic N) is 4. The summed E-state index contributed by atoms with van der Waals surface area (Å²) >= 11 is 0.922. The van der Waals surface area contributed by atoms with Gasteiger partial charge < -0.3 is 9.42 Å². The third kappa shape index (κ3) is 4.85. The van der Waals surface area contributed by atoms with Crippen molar-refractivity contribution in [3.63, 3.8) is 0 Å². The number of aryl methyl sites for hydroxylation is 2. The van der Waals surface area contributed by atoms with Crippen molar-refractivity contribution in [1.29, 1.82) is 0 Å². The van der Waals surface area contributed by atoms with E-state index >= 15 is 0 Å². The average Bonchev–Trinajstić information content (AvgIpc) is 3.35. The molecular weight excluding hydrogens is 438 g/mol. The molecule has 0 spiro atoms. The summed E-state index contributed by atoms with van der Waals surface area (Å²) in [6.07, 6.45) is 0. The molecule has 2 aromatic heterocycles. The zero-order valence-corrected chi connectivity index (χ0v) is 18.9. The van der Waals surface area contributed by atoms with E-state index in [1.807, 2.05) is 31.2 Å². The highest BCUT2D eigenvalue weighted by Gasteiger charge is 2.27. The summed E-state index contributed by atoms with van der Waals surface area (Å²) in [5.41, 5.74) is 2.69. The fraction of sp³-hybridized carbons (Fsp3) is 0.350. The number of piperazine rings is 1. The van der Waals surface area contributed by atoms with Gasteiger partial charge in [-0.1, -0.05) is 35.0 Å². The molecule has 3 heterocycles. The maximum absolute atomic E-state index is 12.9. The highest BCUT2D eigenvalue weighted by molar-refractivity contribution is 7.91. The minimum absolute atomic E-state index is 0.00719. The number of carbonyl (C=O) groups excluding carboxylic acids is 1. The van der Waals surface area contributed by atoms with Gasteiger partial charge in [0.25, 0.3) is 5.91 Å². The van der Waals surface area contributed by atoms with E-state index in [1.54, 1.807) is 11.8 Å². The van der Waals surface area contributed by atoms with E-state index in [1.165, 1.54) is 11.6 Å². The molecule has 0 radical (unpaired) electrons. The lowest BCUT2D eigenvalue weighted by Gasteiger charge is -2.33. The van der Waals surface area contributed by atoms with E-state index in [0.29, 0.717) is 54.9 Å². The Morgan fingerprint density at radius 2 is 1.84 bits per heavy atom. The number of rotatable bonds is 5. The van der Waals surface area contributed by atoms with Crippen LogP contribution >= 0.6 is 11.3 Å². The molecule has 1 amide bonds. The van der Waals surface area contributed by atoms with Crippen molar-refractivity contribution in [2.45, 2.75) is 24.6 Å². The maximum atomic E-state index is 12.9. The van der Waals surface area contributed by atoms with Crippen LogP contribution in [-0.4, -0.2) is 60.4 Å². The standard InChI is InChI=1S/C20H23N5O4S2/c1-13-3-5-15(6-4-13)19-22-16(29-23-19)12-24-7-9-25(10-8-24)20(26)18-14(2)11-17(30-18)31(21,27)28/h3-6,11H,7-10,12H2,1-2H3,(H2,21,27,28). The van der Waals surface area contributed by atoms with Crippen LogP contribution in [0.2, 0.25) is 0 Å². The predicted octanol–water partition coefficient (Wildman–Crippen LogP) is 2.02. The van der Waals surface area contributed by atoms with Crippen LogP contribution < -0.4 is 5.14 Å². The molecule has 0 bridgehead atoms. The van der Waals surface area contributed by atoms with Gasteiger partial charge in [0.05, 0.1) is 11.4 Å². The summed E-state index contributed by atoms with van der Waals surface area (Å²) in [5, 5.41) is 9.25. The van der Waals surface area contributed by atoms with Crippen molar-refractivity contribution < 1.29 is 17.7 Å². The Morgan fingerprint density at radius 1 is 1.16 bits per heavy atom. The second-order valence-electron chi connectivity index (χ2n) is 7.57. The Kier molecular flexibility index (Phi) is 5.93. The Balaban J connectivity index is 1.36. The summed E-state index contributed by atoms with van der Waals surface area (Å²) in [6, 6.07) is 9.38. The quantitative estimate of drug-likeness (QED) is 0.617. The van der Waals surface area contributed by atoms with Crippen molar-refractivity contribution in [2.75, 3.05) is 26.2 Å². The van der Waals surface area contributed by atoms with E-state index < -0.39 is 10.0 Å². The number of sulfonamides is 1. The van der Waals surface area contributed by atoms with Gasteiger partial charge in [0.15, 0.2) is 0 Å². The molecule has 1 aliphatic heterocycles. The number of amides is 1. The zero-order chi connectivity index (χ0) is 22.2. The molecule has 3 aromatic rings. The molecule has 0 aliphatic carbocycles. The van der Waals surface area contributed by atoms with Crippen molar-refractivity contribution in [3.8, 4) is 11.4 Å². The first kappa shape index (κ1) is 21.6. The van der Waals surface area contributed by atoms with Gasteiger partial charge in [-0.05, 0) is 25.5 Å². The SMILES string of the molecule is Cc1ccc(-c2noc(CN3CCN(C(=O)c4sc(S(N)(=O)=O)cc4C)CC3)n2)cc1. The van der Waals surface area contributed by atoms with Crippen LogP contribution in [-0.2, 0) is 16.6 Å². The topological polar surface area (TPSA) is 123 Å². The number of aromatic nitrogens is 2. The molecule has 1 fully saturated rings. The molecule has 0 atom stereocenters. The Morgan fingerprint density at radius 3 is 2.45 bits per heavy atom. The van der Waals surface area contributed by atoms with Crippen LogP contribution in [0.1, 0.15) is 26.7 Å². The van der Waals surface area contributed by atoms with E-state index in [4.69, 9.17) is 9.66 Å². The smallest absolute Gasteiger partial charge is 0.264 e. The number of hydrogen-bond acceptors (Lipinski definition) is 8. The van der Waals surface area contributed by atoms with Crippen LogP contribution in [0.15, 0.2) is 39.1 Å². The maximum Gasteiger partial charge on any atom is 0.264 e. The minimum Gasteiger partial charge on any atom is -0.338 e. The Bertz CT molecular complexity index is 1190. The molecule has 11 heteroatoms. The third-order valence-corrected chi connectivity index (χ3v) is 7.81. The molecule has 164 valence electrons. The number of thiophene rings is 1.